The highest BCUT2D eigenvalue weighted by molar-refractivity contribution is 5.99. The molecule has 3 N–H and O–H groups in total. The van der Waals surface area contributed by atoms with E-state index in [0.717, 1.165) is 24.0 Å². The van der Waals surface area contributed by atoms with Crippen LogP contribution in [0.1, 0.15) is 30.9 Å². The topological polar surface area (TPSA) is 64.3 Å². The number of hydrogen-bond donors (Lipinski definition) is 2. The average molecular weight is 248 g/mol. The molecule has 4 heteroatoms. The van der Waals surface area contributed by atoms with Crippen LogP contribution in [0.4, 0.5) is 11.4 Å². The first kappa shape index (κ1) is 12.9. The molecule has 0 aliphatic carbocycles. The normalized spacial score (nSPS) is 23.1. The van der Waals surface area contributed by atoms with Crippen LogP contribution >= 0.6 is 0 Å². The quantitative estimate of drug-likeness (QED) is 0.790. The summed E-state index contributed by atoms with van der Waals surface area (Å²) in [4.78, 5) is 12.2. The molecule has 0 saturated carbocycles. The maximum atomic E-state index is 12.2. The lowest BCUT2D eigenvalue weighted by Crippen LogP contribution is -2.39. The minimum absolute atomic E-state index is 0.116. The molecule has 1 atom stereocenters. The third-order valence-electron chi connectivity index (χ3n) is 3.61. The van der Waals surface area contributed by atoms with Crippen molar-refractivity contribution in [3.63, 3.8) is 0 Å². The predicted octanol–water partition coefficient (Wildman–Crippen LogP) is 2.39. The van der Waals surface area contributed by atoms with Gasteiger partial charge in [-0.25, -0.2) is 0 Å². The van der Waals surface area contributed by atoms with E-state index in [4.69, 9.17) is 10.5 Å². The second-order valence-electron chi connectivity index (χ2n) is 5.16. The summed E-state index contributed by atoms with van der Waals surface area (Å²) < 4.78 is 5.52. The minimum Gasteiger partial charge on any atom is -0.397 e. The number of carbonyl (C=O) groups excluding carboxylic acids is 1. The number of nitrogens with two attached hydrogens (primary N) is 1. The summed E-state index contributed by atoms with van der Waals surface area (Å²) in [6, 6.07) is 3.78. The highest BCUT2D eigenvalue weighted by atomic mass is 16.5. The Balaban J connectivity index is 2.19. The largest absolute Gasteiger partial charge is 0.397 e. The van der Waals surface area contributed by atoms with Gasteiger partial charge in [0, 0.05) is 6.61 Å². The third-order valence-corrected chi connectivity index (χ3v) is 3.61. The zero-order valence-corrected chi connectivity index (χ0v) is 11.2. The van der Waals surface area contributed by atoms with Crippen LogP contribution in [0.3, 0.4) is 0 Å². The Hall–Kier alpha value is -1.55. The molecule has 1 unspecified atom stereocenters. The van der Waals surface area contributed by atoms with Crippen molar-refractivity contribution in [2.75, 3.05) is 17.7 Å². The maximum Gasteiger partial charge on any atom is 0.256 e. The maximum absolute atomic E-state index is 12.2. The summed E-state index contributed by atoms with van der Waals surface area (Å²) in [6.07, 6.45) is 1.68. The van der Waals surface area contributed by atoms with Gasteiger partial charge >= 0.3 is 0 Å². The van der Waals surface area contributed by atoms with Crippen LogP contribution in [-0.4, -0.2) is 18.1 Å². The second-order valence-corrected chi connectivity index (χ2v) is 5.16. The van der Waals surface area contributed by atoms with E-state index in [0.29, 0.717) is 18.0 Å². The van der Waals surface area contributed by atoms with Gasteiger partial charge in [0.25, 0.3) is 5.91 Å². The first-order valence-corrected chi connectivity index (χ1v) is 6.24. The lowest BCUT2D eigenvalue weighted by Gasteiger charge is -2.22. The number of nitrogen functional groups attached to an aromatic ring is 1. The van der Waals surface area contributed by atoms with Gasteiger partial charge in [0.05, 0.1) is 11.4 Å². The monoisotopic (exact) mass is 248 g/mol. The number of hydrogen-bond acceptors (Lipinski definition) is 3. The molecule has 1 aromatic rings. The standard InChI is InChI=1S/C14H20N2O2/c1-9-7-11(15)12(8-10(9)2)16-13(17)14(3)5-4-6-18-14/h7-8H,4-6,15H2,1-3H3,(H,16,17). The predicted molar refractivity (Wildman–Crippen MR) is 72.5 cm³/mol. The highest BCUT2D eigenvalue weighted by Crippen LogP contribution is 2.29. The molecule has 1 amide bonds. The zero-order valence-electron chi connectivity index (χ0n) is 11.2. The third kappa shape index (κ3) is 2.34. The molecule has 4 nitrogen and oxygen atoms in total. The highest BCUT2D eigenvalue weighted by Gasteiger charge is 2.37. The van der Waals surface area contributed by atoms with Crippen molar-refractivity contribution in [1.29, 1.82) is 0 Å². The minimum atomic E-state index is -0.717. The van der Waals surface area contributed by atoms with E-state index in [1.54, 1.807) is 0 Å². The number of carbonyl (C=O) groups is 1. The number of nitrogens with one attached hydrogen (secondary N) is 1. The number of amides is 1. The molecule has 1 fully saturated rings. The van der Waals surface area contributed by atoms with Crippen molar-refractivity contribution < 1.29 is 9.53 Å². The van der Waals surface area contributed by atoms with Gasteiger partial charge in [0.15, 0.2) is 0 Å². The SMILES string of the molecule is Cc1cc(N)c(NC(=O)C2(C)CCCO2)cc1C. The summed E-state index contributed by atoms with van der Waals surface area (Å²) in [6.45, 7) is 6.47. The van der Waals surface area contributed by atoms with Gasteiger partial charge in [0.2, 0.25) is 0 Å². The van der Waals surface area contributed by atoms with Crippen molar-refractivity contribution >= 4 is 17.3 Å². The van der Waals surface area contributed by atoms with E-state index in [1.807, 2.05) is 32.9 Å². The van der Waals surface area contributed by atoms with Gasteiger partial charge in [-0.15, -0.1) is 0 Å². The van der Waals surface area contributed by atoms with E-state index in [1.165, 1.54) is 0 Å². The first-order valence-electron chi connectivity index (χ1n) is 6.24. The van der Waals surface area contributed by atoms with E-state index in [9.17, 15) is 4.79 Å². The Kier molecular flexibility index (Phi) is 3.30. The van der Waals surface area contributed by atoms with Gasteiger partial charge in [-0.3, -0.25) is 4.79 Å². The van der Waals surface area contributed by atoms with Crippen LogP contribution in [0, 0.1) is 13.8 Å². The molecule has 1 aliphatic heterocycles. The summed E-state index contributed by atoms with van der Waals surface area (Å²) in [5, 5.41) is 2.87. The Labute approximate surface area is 108 Å². The average Bonchev–Trinajstić information content (AvgIpc) is 2.74. The lowest BCUT2D eigenvalue weighted by molar-refractivity contribution is -0.133. The zero-order chi connectivity index (χ0) is 13.3. The first-order chi connectivity index (χ1) is 8.42. The second kappa shape index (κ2) is 4.61. The Bertz CT molecular complexity index is 477. The molecule has 0 radical (unpaired) electrons. The molecular formula is C14H20N2O2. The molecule has 0 bridgehead atoms. The van der Waals surface area contributed by atoms with Gasteiger partial charge in [-0.1, -0.05) is 0 Å². The van der Waals surface area contributed by atoms with Crippen molar-refractivity contribution in [2.45, 2.75) is 39.2 Å². The van der Waals surface area contributed by atoms with Crippen LogP contribution < -0.4 is 11.1 Å². The van der Waals surface area contributed by atoms with E-state index >= 15 is 0 Å². The van der Waals surface area contributed by atoms with E-state index in [2.05, 4.69) is 5.32 Å². The molecule has 98 valence electrons. The van der Waals surface area contributed by atoms with Gasteiger partial charge in [-0.05, 0) is 56.9 Å². The van der Waals surface area contributed by atoms with Gasteiger partial charge < -0.3 is 15.8 Å². The lowest BCUT2D eigenvalue weighted by atomic mass is 10.0. The molecule has 2 rings (SSSR count). The Morgan fingerprint density at radius 2 is 2.06 bits per heavy atom. The molecule has 0 aromatic heterocycles. The fraction of sp³-hybridized carbons (Fsp3) is 0.500. The number of rotatable bonds is 2. The van der Waals surface area contributed by atoms with Crippen molar-refractivity contribution in [1.82, 2.24) is 0 Å². The molecule has 1 aromatic carbocycles. The fourth-order valence-electron chi connectivity index (χ4n) is 2.16. The van der Waals surface area contributed by atoms with E-state index < -0.39 is 5.60 Å². The van der Waals surface area contributed by atoms with E-state index in [-0.39, 0.29) is 5.91 Å². The van der Waals surface area contributed by atoms with Crippen LogP contribution in [0.2, 0.25) is 0 Å². The fourth-order valence-corrected chi connectivity index (χ4v) is 2.16. The van der Waals surface area contributed by atoms with Crippen molar-refractivity contribution in [2.24, 2.45) is 0 Å². The molecule has 18 heavy (non-hydrogen) atoms. The summed E-state index contributed by atoms with van der Waals surface area (Å²) in [5.74, 6) is -0.116. The summed E-state index contributed by atoms with van der Waals surface area (Å²) in [7, 11) is 0. The van der Waals surface area contributed by atoms with Gasteiger partial charge in [0.1, 0.15) is 5.60 Å². The number of ether oxygens (including phenoxy) is 1. The summed E-state index contributed by atoms with van der Waals surface area (Å²) in [5.41, 5.74) is 8.69. The number of anilines is 2. The number of benzene rings is 1. The molecule has 1 heterocycles. The van der Waals surface area contributed by atoms with Crippen molar-refractivity contribution in [3.8, 4) is 0 Å². The van der Waals surface area contributed by atoms with Gasteiger partial charge in [-0.2, -0.15) is 0 Å². The van der Waals surface area contributed by atoms with Crippen LogP contribution in [0.5, 0.6) is 0 Å². The van der Waals surface area contributed by atoms with Crippen molar-refractivity contribution in [3.05, 3.63) is 23.3 Å². The van der Waals surface area contributed by atoms with Crippen LogP contribution in [0.15, 0.2) is 12.1 Å². The molecule has 1 aliphatic rings. The Morgan fingerprint density at radius 1 is 1.39 bits per heavy atom. The molecular weight excluding hydrogens is 228 g/mol. The number of aryl methyl sites for hydroxylation is 2. The van der Waals surface area contributed by atoms with Crippen LogP contribution in [-0.2, 0) is 9.53 Å². The summed E-state index contributed by atoms with van der Waals surface area (Å²) >= 11 is 0. The molecule has 1 saturated heterocycles. The molecule has 0 spiro atoms. The smallest absolute Gasteiger partial charge is 0.256 e. The Morgan fingerprint density at radius 3 is 2.67 bits per heavy atom. The van der Waals surface area contributed by atoms with Crippen LogP contribution in [0.25, 0.3) is 0 Å².